The van der Waals surface area contributed by atoms with Gasteiger partial charge in [0.2, 0.25) is 0 Å². The molecule has 3 aromatic rings. The first-order valence-electron chi connectivity index (χ1n) is 6.17. The maximum absolute atomic E-state index is 5.65. The van der Waals surface area contributed by atoms with Gasteiger partial charge >= 0.3 is 0 Å². The Kier molecular flexibility index (Phi) is 3.69. The van der Waals surface area contributed by atoms with Gasteiger partial charge in [-0.15, -0.1) is 11.8 Å². The Bertz CT molecular complexity index is 680. The zero-order valence-electron chi connectivity index (χ0n) is 10.7. The fourth-order valence-electron chi connectivity index (χ4n) is 1.72. The molecule has 0 saturated carbocycles. The molecule has 0 unspecified atom stereocenters. The van der Waals surface area contributed by atoms with Crippen LogP contribution in [0.4, 0.5) is 5.69 Å². The van der Waals surface area contributed by atoms with Crippen LogP contribution >= 0.6 is 11.8 Å². The highest BCUT2D eigenvalue weighted by atomic mass is 32.2. The van der Waals surface area contributed by atoms with Gasteiger partial charge in [-0.25, -0.2) is 0 Å². The second kappa shape index (κ2) is 5.79. The van der Waals surface area contributed by atoms with Crippen LogP contribution in [0.25, 0.3) is 11.5 Å². The standard InChI is InChI=1S/C15H13N3OS/c16-12-8-6-11(7-9-12)15-17-14(18-19-15)10-20-13-4-2-1-3-5-13/h1-9H,10,16H2. The van der Waals surface area contributed by atoms with Crippen LogP contribution < -0.4 is 5.73 Å². The molecule has 0 saturated heterocycles. The summed E-state index contributed by atoms with van der Waals surface area (Å²) in [6.07, 6.45) is 0. The quantitative estimate of drug-likeness (QED) is 0.585. The molecule has 1 heterocycles. The number of benzene rings is 2. The van der Waals surface area contributed by atoms with E-state index < -0.39 is 0 Å². The van der Waals surface area contributed by atoms with Crippen molar-refractivity contribution in [2.45, 2.75) is 10.6 Å². The van der Waals surface area contributed by atoms with Gasteiger partial charge in [-0.2, -0.15) is 4.98 Å². The van der Waals surface area contributed by atoms with Crippen LogP contribution in [0, 0.1) is 0 Å². The van der Waals surface area contributed by atoms with Gasteiger partial charge in [-0.1, -0.05) is 23.4 Å². The minimum absolute atomic E-state index is 0.522. The molecule has 3 rings (SSSR count). The molecular weight excluding hydrogens is 270 g/mol. The van der Waals surface area contributed by atoms with E-state index in [0.29, 0.717) is 23.2 Å². The van der Waals surface area contributed by atoms with Gasteiger partial charge in [0.15, 0.2) is 5.82 Å². The maximum atomic E-state index is 5.65. The summed E-state index contributed by atoms with van der Waals surface area (Å²) in [7, 11) is 0. The first-order chi connectivity index (χ1) is 9.81. The number of nitrogens with zero attached hydrogens (tertiary/aromatic N) is 2. The predicted octanol–water partition coefficient (Wildman–Crippen LogP) is 3.61. The van der Waals surface area contributed by atoms with Gasteiger partial charge in [-0.3, -0.25) is 0 Å². The third-order valence-corrected chi connectivity index (χ3v) is 3.74. The van der Waals surface area contributed by atoms with E-state index in [1.54, 1.807) is 11.8 Å². The Morgan fingerprint density at radius 3 is 2.50 bits per heavy atom. The van der Waals surface area contributed by atoms with Crippen LogP contribution in [0.5, 0.6) is 0 Å². The van der Waals surface area contributed by atoms with E-state index in [0.717, 1.165) is 5.56 Å². The molecule has 1 aromatic heterocycles. The first kappa shape index (κ1) is 12.7. The van der Waals surface area contributed by atoms with Crippen molar-refractivity contribution in [1.29, 1.82) is 0 Å². The highest BCUT2D eigenvalue weighted by Gasteiger charge is 2.08. The third-order valence-electron chi connectivity index (χ3n) is 2.74. The summed E-state index contributed by atoms with van der Waals surface area (Å²) in [5.41, 5.74) is 7.25. The highest BCUT2D eigenvalue weighted by molar-refractivity contribution is 7.98. The number of hydrogen-bond donors (Lipinski definition) is 1. The molecule has 20 heavy (non-hydrogen) atoms. The van der Waals surface area contributed by atoms with Gasteiger partial charge in [0, 0.05) is 16.1 Å². The number of thioether (sulfide) groups is 1. The summed E-state index contributed by atoms with van der Waals surface area (Å²) < 4.78 is 5.26. The number of aromatic nitrogens is 2. The minimum atomic E-state index is 0.522. The molecule has 0 aliphatic carbocycles. The Hall–Kier alpha value is -2.27. The van der Waals surface area contributed by atoms with Gasteiger partial charge in [0.05, 0.1) is 5.75 Å². The second-order valence-electron chi connectivity index (χ2n) is 4.24. The molecule has 0 aliphatic rings. The molecule has 0 fully saturated rings. The summed E-state index contributed by atoms with van der Waals surface area (Å²) >= 11 is 1.68. The monoisotopic (exact) mass is 283 g/mol. The van der Waals surface area contributed by atoms with Crippen molar-refractivity contribution >= 4 is 17.4 Å². The predicted molar refractivity (Wildman–Crippen MR) is 80.1 cm³/mol. The Balaban J connectivity index is 1.69. The lowest BCUT2D eigenvalue weighted by atomic mass is 10.2. The van der Waals surface area contributed by atoms with Gasteiger partial charge in [0.25, 0.3) is 5.89 Å². The number of nitrogens with two attached hydrogens (primary N) is 1. The van der Waals surface area contributed by atoms with E-state index in [4.69, 9.17) is 10.3 Å². The van der Waals surface area contributed by atoms with Crippen molar-refractivity contribution in [2.24, 2.45) is 0 Å². The molecule has 0 atom stereocenters. The fourth-order valence-corrected chi connectivity index (χ4v) is 2.48. The van der Waals surface area contributed by atoms with E-state index in [-0.39, 0.29) is 0 Å². The number of anilines is 1. The number of rotatable bonds is 4. The molecule has 0 spiro atoms. The molecule has 5 heteroatoms. The normalized spacial score (nSPS) is 10.6. The van der Waals surface area contributed by atoms with Crippen LogP contribution in [-0.4, -0.2) is 10.1 Å². The van der Waals surface area contributed by atoms with E-state index in [1.165, 1.54) is 4.90 Å². The lowest BCUT2D eigenvalue weighted by Gasteiger charge is -1.96. The van der Waals surface area contributed by atoms with Gasteiger partial charge < -0.3 is 10.3 Å². The molecule has 2 N–H and O–H groups in total. The molecular formula is C15H13N3OS. The van der Waals surface area contributed by atoms with Crippen LogP contribution in [0.2, 0.25) is 0 Å². The van der Waals surface area contributed by atoms with Crippen LogP contribution in [0.1, 0.15) is 5.82 Å². The van der Waals surface area contributed by atoms with Crippen LogP contribution in [0.15, 0.2) is 64.0 Å². The SMILES string of the molecule is Nc1ccc(-c2nc(CSc3ccccc3)no2)cc1. The van der Waals surface area contributed by atoms with Crippen molar-refractivity contribution in [2.75, 3.05) is 5.73 Å². The largest absolute Gasteiger partial charge is 0.399 e. The van der Waals surface area contributed by atoms with Crippen LogP contribution in [0.3, 0.4) is 0 Å². The lowest BCUT2D eigenvalue weighted by Crippen LogP contribution is -1.85. The van der Waals surface area contributed by atoms with Crippen molar-refractivity contribution in [3.05, 3.63) is 60.4 Å². The maximum Gasteiger partial charge on any atom is 0.257 e. The Labute approximate surface area is 121 Å². The molecule has 4 nitrogen and oxygen atoms in total. The van der Waals surface area contributed by atoms with E-state index >= 15 is 0 Å². The van der Waals surface area contributed by atoms with E-state index in [9.17, 15) is 0 Å². The first-order valence-corrected chi connectivity index (χ1v) is 7.16. The van der Waals surface area contributed by atoms with Crippen molar-refractivity contribution in [1.82, 2.24) is 10.1 Å². The van der Waals surface area contributed by atoms with Gasteiger partial charge in [-0.05, 0) is 36.4 Å². The van der Waals surface area contributed by atoms with Crippen LogP contribution in [-0.2, 0) is 5.75 Å². The molecule has 0 bridgehead atoms. The summed E-state index contributed by atoms with van der Waals surface area (Å²) in [5.74, 6) is 1.89. The average molecular weight is 283 g/mol. The summed E-state index contributed by atoms with van der Waals surface area (Å²) in [6.45, 7) is 0. The Morgan fingerprint density at radius 1 is 1.00 bits per heavy atom. The number of nitrogen functional groups attached to an aromatic ring is 1. The minimum Gasteiger partial charge on any atom is -0.399 e. The Morgan fingerprint density at radius 2 is 1.75 bits per heavy atom. The summed E-state index contributed by atoms with van der Waals surface area (Å²) in [5, 5.41) is 3.99. The zero-order valence-corrected chi connectivity index (χ0v) is 11.5. The summed E-state index contributed by atoms with van der Waals surface area (Å²) in [6, 6.07) is 17.5. The second-order valence-corrected chi connectivity index (χ2v) is 5.29. The smallest absolute Gasteiger partial charge is 0.257 e. The fraction of sp³-hybridized carbons (Fsp3) is 0.0667. The molecule has 2 aromatic carbocycles. The third kappa shape index (κ3) is 3.00. The highest BCUT2D eigenvalue weighted by Crippen LogP contribution is 2.23. The lowest BCUT2D eigenvalue weighted by molar-refractivity contribution is 0.425. The van der Waals surface area contributed by atoms with Crippen molar-refractivity contribution in [3.63, 3.8) is 0 Å². The number of hydrogen-bond acceptors (Lipinski definition) is 5. The molecule has 100 valence electrons. The molecule has 0 radical (unpaired) electrons. The zero-order chi connectivity index (χ0) is 13.8. The van der Waals surface area contributed by atoms with E-state index in [1.807, 2.05) is 42.5 Å². The molecule has 0 amide bonds. The average Bonchev–Trinajstić information content (AvgIpc) is 2.96. The van der Waals surface area contributed by atoms with Crippen molar-refractivity contribution < 1.29 is 4.52 Å². The topological polar surface area (TPSA) is 64.9 Å². The van der Waals surface area contributed by atoms with E-state index in [2.05, 4.69) is 22.3 Å². The molecule has 0 aliphatic heterocycles. The van der Waals surface area contributed by atoms with Gasteiger partial charge in [0.1, 0.15) is 0 Å². The van der Waals surface area contributed by atoms with Crippen molar-refractivity contribution in [3.8, 4) is 11.5 Å². The summed E-state index contributed by atoms with van der Waals surface area (Å²) in [4.78, 5) is 5.57.